The molecule has 10 heteroatoms. The van der Waals surface area contributed by atoms with Crippen molar-refractivity contribution >= 4 is 29.3 Å². The number of imide groups is 1. The van der Waals surface area contributed by atoms with Crippen LogP contribution < -0.4 is 16.8 Å². The van der Waals surface area contributed by atoms with Crippen LogP contribution in [0.4, 0.5) is 16.2 Å². The van der Waals surface area contributed by atoms with Crippen LogP contribution in [0.3, 0.4) is 0 Å². The predicted octanol–water partition coefficient (Wildman–Crippen LogP) is -0.0828. The summed E-state index contributed by atoms with van der Waals surface area (Å²) in [6.45, 7) is 1.21. The van der Waals surface area contributed by atoms with Crippen molar-refractivity contribution in [2.45, 2.75) is 13.0 Å². The normalized spacial score (nSPS) is 11.3. The molecule has 0 aromatic heterocycles. The van der Waals surface area contributed by atoms with Crippen LogP contribution in [0.25, 0.3) is 0 Å². The number of primary amides is 1. The molecular weight excluding hydrogens is 284 g/mol. The van der Waals surface area contributed by atoms with Crippen LogP contribution in [0.5, 0.6) is 0 Å². The van der Waals surface area contributed by atoms with E-state index in [0.717, 1.165) is 6.07 Å². The fourth-order valence-corrected chi connectivity index (χ4v) is 1.33. The first-order valence-corrected chi connectivity index (χ1v) is 5.57. The standard InChI is InChI=1S/C11H12N4O6/c1-5(9(16)14-11(13)18)21-10(17)6-2-3-7(12)8(4-6)15(19)20/h2-5H,12H2,1H3,(H3,13,14,16,18)/t5-/m1/s1. The number of benzene rings is 1. The lowest BCUT2D eigenvalue weighted by Gasteiger charge is -2.12. The molecule has 0 saturated carbocycles. The molecule has 0 radical (unpaired) electrons. The number of nitrogen functional groups attached to an aromatic ring is 1. The van der Waals surface area contributed by atoms with Crippen LogP contribution in [-0.2, 0) is 9.53 Å². The predicted molar refractivity (Wildman–Crippen MR) is 70.1 cm³/mol. The second kappa shape index (κ2) is 6.32. The van der Waals surface area contributed by atoms with E-state index in [1.807, 2.05) is 0 Å². The van der Waals surface area contributed by atoms with Gasteiger partial charge in [0.15, 0.2) is 6.10 Å². The number of hydrogen-bond acceptors (Lipinski definition) is 7. The lowest BCUT2D eigenvalue weighted by atomic mass is 10.2. The van der Waals surface area contributed by atoms with Crippen LogP contribution in [0.15, 0.2) is 18.2 Å². The number of amides is 3. The third-order valence-corrected chi connectivity index (χ3v) is 2.36. The second-order valence-corrected chi connectivity index (χ2v) is 3.93. The van der Waals surface area contributed by atoms with Gasteiger partial charge in [-0.3, -0.25) is 20.2 Å². The molecule has 0 aliphatic heterocycles. The van der Waals surface area contributed by atoms with E-state index in [1.54, 1.807) is 5.32 Å². The van der Waals surface area contributed by atoms with Crippen molar-refractivity contribution in [3.05, 3.63) is 33.9 Å². The lowest BCUT2D eigenvalue weighted by Crippen LogP contribution is -2.42. The Bertz CT molecular complexity index is 615. The lowest BCUT2D eigenvalue weighted by molar-refractivity contribution is -0.383. The van der Waals surface area contributed by atoms with Gasteiger partial charge in [0.25, 0.3) is 11.6 Å². The van der Waals surface area contributed by atoms with Gasteiger partial charge in [0.05, 0.1) is 10.5 Å². The van der Waals surface area contributed by atoms with Gasteiger partial charge in [-0.1, -0.05) is 0 Å². The molecule has 0 aliphatic rings. The third-order valence-electron chi connectivity index (χ3n) is 2.36. The SMILES string of the molecule is C[C@@H](OC(=O)c1ccc(N)c([N+](=O)[O-])c1)C(=O)NC(N)=O. The minimum atomic E-state index is -1.30. The summed E-state index contributed by atoms with van der Waals surface area (Å²) in [5.74, 6) is -1.90. The van der Waals surface area contributed by atoms with Gasteiger partial charge < -0.3 is 16.2 Å². The first-order valence-electron chi connectivity index (χ1n) is 5.57. The molecule has 0 unspecified atom stereocenters. The summed E-state index contributed by atoms with van der Waals surface area (Å²) in [5.41, 5.74) is 9.40. The largest absolute Gasteiger partial charge is 0.449 e. The van der Waals surface area contributed by atoms with E-state index in [1.165, 1.54) is 19.1 Å². The molecule has 0 saturated heterocycles. The molecule has 1 aromatic rings. The maximum Gasteiger partial charge on any atom is 0.339 e. The Morgan fingerprint density at radius 1 is 1.38 bits per heavy atom. The zero-order valence-electron chi connectivity index (χ0n) is 10.9. The van der Waals surface area contributed by atoms with Crippen molar-refractivity contribution in [1.82, 2.24) is 5.32 Å². The molecular formula is C11H12N4O6. The Kier molecular flexibility index (Phi) is 4.78. The van der Waals surface area contributed by atoms with E-state index in [0.29, 0.717) is 0 Å². The van der Waals surface area contributed by atoms with Crippen molar-refractivity contribution < 1.29 is 24.0 Å². The summed E-state index contributed by atoms with van der Waals surface area (Å²) >= 11 is 0. The Hall–Kier alpha value is -3.17. The van der Waals surface area contributed by atoms with Crippen LogP contribution in [0, 0.1) is 10.1 Å². The number of nitro benzene ring substituents is 1. The molecule has 1 rings (SSSR count). The van der Waals surface area contributed by atoms with Crippen molar-refractivity contribution in [2.75, 3.05) is 5.73 Å². The summed E-state index contributed by atoms with van der Waals surface area (Å²) in [6, 6.07) is 2.22. The maximum absolute atomic E-state index is 11.7. The molecule has 0 spiro atoms. The van der Waals surface area contributed by atoms with Crippen LogP contribution in [0.1, 0.15) is 17.3 Å². The molecule has 112 valence electrons. The van der Waals surface area contributed by atoms with E-state index >= 15 is 0 Å². The number of anilines is 1. The summed E-state index contributed by atoms with van der Waals surface area (Å²) in [7, 11) is 0. The zero-order valence-corrected chi connectivity index (χ0v) is 10.9. The number of nitro groups is 1. The molecule has 10 nitrogen and oxygen atoms in total. The summed E-state index contributed by atoms with van der Waals surface area (Å²) in [5, 5.41) is 12.4. The minimum Gasteiger partial charge on any atom is -0.449 e. The first kappa shape index (κ1) is 15.9. The zero-order chi connectivity index (χ0) is 16.2. The number of rotatable bonds is 4. The van der Waals surface area contributed by atoms with E-state index in [-0.39, 0.29) is 11.3 Å². The highest BCUT2D eigenvalue weighted by atomic mass is 16.6. The summed E-state index contributed by atoms with van der Waals surface area (Å²) in [4.78, 5) is 43.5. The average Bonchev–Trinajstić information content (AvgIpc) is 2.37. The summed E-state index contributed by atoms with van der Waals surface area (Å²) in [6.07, 6.45) is -1.30. The molecule has 0 fully saturated rings. The van der Waals surface area contributed by atoms with Gasteiger partial charge in [0.2, 0.25) is 0 Å². The third kappa shape index (κ3) is 4.16. The number of esters is 1. The topological polar surface area (TPSA) is 168 Å². The molecule has 1 atom stereocenters. The molecule has 1 aromatic carbocycles. The number of ether oxygens (including phenoxy) is 1. The van der Waals surface area contributed by atoms with E-state index in [2.05, 4.69) is 0 Å². The molecule has 0 heterocycles. The number of nitrogens with one attached hydrogen (secondary N) is 1. The Labute approximate surface area is 118 Å². The molecule has 0 bridgehead atoms. The first-order chi connectivity index (χ1) is 9.72. The monoisotopic (exact) mass is 296 g/mol. The quantitative estimate of drug-likeness (QED) is 0.302. The fraction of sp³-hybridized carbons (Fsp3) is 0.182. The molecule has 5 N–H and O–H groups in total. The van der Waals surface area contributed by atoms with Crippen molar-refractivity contribution in [2.24, 2.45) is 5.73 Å². The van der Waals surface area contributed by atoms with Crippen molar-refractivity contribution in [3.63, 3.8) is 0 Å². The van der Waals surface area contributed by atoms with Crippen molar-refractivity contribution in [1.29, 1.82) is 0 Å². The van der Waals surface area contributed by atoms with Gasteiger partial charge in [-0.05, 0) is 19.1 Å². The van der Waals surface area contributed by atoms with Gasteiger partial charge >= 0.3 is 12.0 Å². The van der Waals surface area contributed by atoms with Gasteiger partial charge in [-0.2, -0.15) is 0 Å². The highest BCUT2D eigenvalue weighted by Crippen LogP contribution is 2.22. The fourth-order valence-electron chi connectivity index (χ4n) is 1.33. The smallest absolute Gasteiger partial charge is 0.339 e. The van der Waals surface area contributed by atoms with Gasteiger partial charge in [-0.25, -0.2) is 9.59 Å². The van der Waals surface area contributed by atoms with E-state index in [4.69, 9.17) is 16.2 Å². The van der Waals surface area contributed by atoms with E-state index in [9.17, 15) is 24.5 Å². The molecule has 3 amide bonds. The van der Waals surface area contributed by atoms with Crippen LogP contribution in [-0.4, -0.2) is 28.9 Å². The number of nitrogens with zero attached hydrogens (tertiary/aromatic N) is 1. The maximum atomic E-state index is 11.7. The highest BCUT2D eigenvalue weighted by Gasteiger charge is 2.22. The number of hydrogen-bond donors (Lipinski definition) is 3. The Balaban J connectivity index is 2.85. The van der Waals surface area contributed by atoms with Crippen LogP contribution >= 0.6 is 0 Å². The number of urea groups is 1. The average molecular weight is 296 g/mol. The Morgan fingerprint density at radius 3 is 2.52 bits per heavy atom. The number of nitrogens with two attached hydrogens (primary N) is 2. The second-order valence-electron chi connectivity index (χ2n) is 3.93. The van der Waals surface area contributed by atoms with Gasteiger partial charge in [0.1, 0.15) is 5.69 Å². The van der Waals surface area contributed by atoms with Crippen molar-refractivity contribution in [3.8, 4) is 0 Å². The number of carbonyl (C=O) groups is 3. The molecule has 0 aliphatic carbocycles. The number of carbonyl (C=O) groups excluding carboxylic acids is 3. The Morgan fingerprint density at radius 2 is 2.00 bits per heavy atom. The van der Waals surface area contributed by atoms with Gasteiger partial charge in [-0.15, -0.1) is 0 Å². The summed E-state index contributed by atoms with van der Waals surface area (Å²) < 4.78 is 4.75. The van der Waals surface area contributed by atoms with Gasteiger partial charge in [0, 0.05) is 6.07 Å². The van der Waals surface area contributed by atoms with E-state index < -0.39 is 34.6 Å². The van der Waals surface area contributed by atoms with Crippen LogP contribution in [0.2, 0.25) is 0 Å². The highest BCUT2D eigenvalue weighted by molar-refractivity contribution is 5.98. The minimum absolute atomic E-state index is 0.115. The molecule has 21 heavy (non-hydrogen) atoms.